The lowest BCUT2D eigenvalue weighted by Crippen LogP contribution is -2.29. The van der Waals surface area contributed by atoms with E-state index in [1.165, 1.54) is 36.0 Å². The van der Waals surface area contributed by atoms with Crippen molar-refractivity contribution in [3.05, 3.63) is 58.6 Å². The Bertz CT molecular complexity index is 764. The molecule has 0 spiro atoms. The molecule has 2 aromatic rings. The van der Waals surface area contributed by atoms with Gasteiger partial charge in [-0.1, -0.05) is 12.1 Å². The first-order valence-corrected chi connectivity index (χ1v) is 7.73. The van der Waals surface area contributed by atoms with Gasteiger partial charge in [-0.25, -0.2) is 0 Å². The molecule has 0 bridgehead atoms. The summed E-state index contributed by atoms with van der Waals surface area (Å²) in [5.41, 5.74) is 0.504. The lowest BCUT2D eigenvalue weighted by molar-refractivity contribution is -0.384. The number of non-ortho nitro benzene ring substituents is 1. The first-order chi connectivity index (χ1) is 11.0. The molecule has 0 atom stereocenters. The number of nitro groups is 1. The van der Waals surface area contributed by atoms with Gasteiger partial charge in [0, 0.05) is 28.4 Å². The summed E-state index contributed by atoms with van der Waals surface area (Å²) in [6.07, 6.45) is 1.90. The minimum Gasteiger partial charge on any atom is -0.318 e. The summed E-state index contributed by atoms with van der Waals surface area (Å²) in [6.45, 7) is 0. The van der Waals surface area contributed by atoms with Gasteiger partial charge in [0.2, 0.25) is 0 Å². The molecule has 0 radical (unpaired) electrons. The van der Waals surface area contributed by atoms with Crippen molar-refractivity contribution in [3.63, 3.8) is 0 Å². The molecule has 0 heterocycles. The third kappa shape index (κ3) is 4.55. The maximum atomic E-state index is 11.9. The van der Waals surface area contributed by atoms with E-state index in [0.29, 0.717) is 5.69 Å². The molecule has 2 amide bonds. The molecule has 2 aromatic carbocycles. The number of anilines is 2. The second kappa shape index (κ2) is 7.41. The van der Waals surface area contributed by atoms with Crippen molar-refractivity contribution in [2.75, 3.05) is 16.9 Å². The zero-order valence-corrected chi connectivity index (χ0v) is 12.9. The summed E-state index contributed by atoms with van der Waals surface area (Å²) >= 11 is 1.51. The van der Waals surface area contributed by atoms with Gasteiger partial charge >= 0.3 is 11.8 Å². The Labute approximate surface area is 136 Å². The maximum Gasteiger partial charge on any atom is 0.314 e. The van der Waals surface area contributed by atoms with Crippen LogP contribution in [0.4, 0.5) is 17.1 Å². The molecule has 2 rings (SSSR count). The van der Waals surface area contributed by atoms with Crippen molar-refractivity contribution in [1.82, 2.24) is 0 Å². The molecule has 0 unspecified atom stereocenters. The van der Waals surface area contributed by atoms with Gasteiger partial charge in [-0.05, 0) is 30.5 Å². The Morgan fingerprint density at radius 3 is 2.13 bits per heavy atom. The van der Waals surface area contributed by atoms with Crippen molar-refractivity contribution >= 4 is 40.6 Å². The van der Waals surface area contributed by atoms with Crippen LogP contribution in [0, 0.1) is 10.1 Å². The van der Waals surface area contributed by atoms with Gasteiger partial charge in [0.05, 0.1) is 4.92 Å². The van der Waals surface area contributed by atoms with E-state index in [1.54, 1.807) is 18.2 Å². The van der Waals surface area contributed by atoms with E-state index in [1.807, 2.05) is 12.3 Å². The molecule has 0 saturated heterocycles. The number of nitro benzene ring substituents is 1. The van der Waals surface area contributed by atoms with Crippen molar-refractivity contribution < 1.29 is 14.5 Å². The first kappa shape index (κ1) is 16.5. The van der Waals surface area contributed by atoms with Crippen LogP contribution in [0.15, 0.2) is 53.4 Å². The lowest BCUT2D eigenvalue weighted by atomic mass is 10.2. The minimum absolute atomic E-state index is 0.170. The van der Waals surface area contributed by atoms with Crippen LogP contribution in [0.5, 0.6) is 0 Å². The molecule has 7 nitrogen and oxygen atoms in total. The minimum atomic E-state index is -0.903. The van der Waals surface area contributed by atoms with Crippen LogP contribution in [0.25, 0.3) is 0 Å². The maximum absolute atomic E-state index is 11.9. The van der Waals surface area contributed by atoms with Gasteiger partial charge in [-0.15, -0.1) is 11.8 Å². The Hall–Kier alpha value is -2.87. The van der Waals surface area contributed by atoms with E-state index in [9.17, 15) is 19.7 Å². The fourth-order valence-electron chi connectivity index (χ4n) is 1.77. The van der Waals surface area contributed by atoms with E-state index in [-0.39, 0.29) is 11.4 Å². The topological polar surface area (TPSA) is 101 Å². The molecule has 118 valence electrons. The third-order valence-corrected chi connectivity index (χ3v) is 3.57. The second-order valence-electron chi connectivity index (χ2n) is 4.45. The molecule has 0 fully saturated rings. The predicted molar refractivity (Wildman–Crippen MR) is 88.6 cm³/mol. The first-order valence-electron chi connectivity index (χ1n) is 6.50. The van der Waals surface area contributed by atoms with Gasteiger partial charge in [-0.3, -0.25) is 19.7 Å². The molecular weight excluding hydrogens is 318 g/mol. The van der Waals surface area contributed by atoms with Gasteiger partial charge in [0.25, 0.3) is 5.69 Å². The number of hydrogen-bond acceptors (Lipinski definition) is 5. The van der Waals surface area contributed by atoms with Crippen LogP contribution < -0.4 is 10.6 Å². The van der Waals surface area contributed by atoms with Gasteiger partial charge < -0.3 is 10.6 Å². The number of nitrogens with one attached hydrogen (secondary N) is 2. The highest BCUT2D eigenvalue weighted by molar-refractivity contribution is 7.98. The molecule has 0 aliphatic heterocycles. The molecule has 0 saturated carbocycles. The van der Waals surface area contributed by atoms with Crippen molar-refractivity contribution in [2.45, 2.75) is 4.90 Å². The zero-order chi connectivity index (χ0) is 16.8. The monoisotopic (exact) mass is 331 g/mol. The van der Waals surface area contributed by atoms with E-state index in [2.05, 4.69) is 10.6 Å². The molecule has 0 aliphatic rings. The average molecular weight is 331 g/mol. The van der Waals surface area contributed by atoms with Crippen molar-refractivity contribution in [3.8, 4) is 0 Å². The fraction of sp³-hybridized carbons (Fsp3) is 0.0667. The molecule has 8 heteroatoms. The predicted octanol–water partition coefficient (Wildman–Crippen LogP) is 2.89. The number of carbonyl (C=O) groups is 2. The largest absolute Gasteiger partial charge is 0.318 e. The van der Waals surface area contributed by atoms with E-state index in [0.717, 1.165) is 4.90 Å². The van der Waals surface area contributed by atoms with Crippen LogP contribution >= 0.6 is 11.8 Å². The van der Waals surface area contributed by atoms with Crippen LogP contribution in [-0.4, -0.2) is 23.0 Å². The quantitative estimate of drug-likeness (QED) is 0.388. The summed E-state index contributed by atoms with van der Waals surface area (Å²) in [5, 5.41) is 15.5. The highest BCUT2D eigenvalue weighted by Crippen LogP contribution is 2.19. The van der Waals surface area contributed by atoms with Crippen LogP contribution in [0.1, 0.15) is 0 Å². The van der Waals surface area contributed by atoms with Crippen LogP contribution in [0.2, 0.25) is 0 Å². The zero-order valence-electron chi connectivity index (χ0n) is 12.1. The van der Waals surface area contributed by atoms with Gasteiger partial charge in [0.1, 0.15) is 0 Å². The van der Waals surface area contributed by atoms with Gasteiger partial charge in [0.15, 0.2) is 0 Å². The Morgan fingerprint density at radius 2 is 1.57 bits per heavy atom. The summed E-state index contributed by atoms with van der Waals surface area (Å²) in [5.74, 6) is -1.75. The number of hydrogen-bond donors (Lipinski definition) is 2. The number of thioether (sulfide) groups is 1. The summed E-state index contributed by atoms with van der Waals surface area (Å²) in [6, 6.07) is 12.4. The molecule has 0 aliphatic carbocycles. The second-order valence-corrected chi connectivity index (χ2v) is 5.33. The van der Waals surface area contributed by atoms with E-state index < -0.39 is 16.7 Å². The highest BCUT2D eigenvalue weighted by atomic mass is 32.2. The average Bonchev–Trinajstić information content (AvgIpc) is 2.55. The van der Waals surface area contributed by atoms with Crippen molar-refractivity contribution in [1.29, 1.82) is 0 Å². The standard InChI is InChI=1S/C15H13N3O4S/c1-23-13-7-3-5-11(9-13)17-15(20)14(19)16-10-4-2-6-12(8-10)18(21)22/h2-9H,1H3,(H,16,19)(H,17,20). The number of amides is 2. The summed E-state index contributed by atoms with van der Waals surface area (Å²) in [4.78, 5) is 34.8. The van der Waals surface area contributed by atoms with Crippen LogP contribution in [0.3, 0.4) is 0 Å². The SMILES string of the molecule is CSc1cccc(NC(=O)C(=O)Nc2cccc([N+](=O)[O-])c2)c1. The van der Waals surface area contributed by atoms with Gasteiger partial charge in [-0.2, -0.15) is 0 Å². The van der Waals surface area contributed by atoms with Crippen molar-refractivity contribution in [2.24, 2.45) is 0 Å². The molecular formula is C15H13N3O4S. The molecule has 23 heavy (non-hydrogen) atoms. The molecule has 0 aromatic heterocycles. The summed E-state index contributed by atoms with van der Waals surface area (Å²) < 4.78 is 0. The Kier molecular flexibility index (Phi) is 5.32. The lowest BCUT2D eigenvalue weighted by Gasteiger charge is -2.07. The third-order valence-electron chi connectivity index (χ3n) is 2.85. The Morgan fingerprint density at radius 1 is 1.00 bits per heavy atom. The van der Waals surface area contributed by atoms with E-state index >= 15 is 0 Å². The molecule has 2 N–H and O–H groups in total. The summed E-state index contributed by atoms with van der Waals surface area (Å²) in [7, 11) is 0. The number of carbonyl (C=O) groups excluding carboxylic acids is 2. The van der Waals surface area contributed by atoms with E-state index in [4.69, 9.17) is 0 Å². The number of benzene rings is 2. The normalized spacial score (nSPS) is 9.96. The highest BCUT2D eigenvalue weighted by Gasteiger charge is 2.15. The van der Waals surface area contributed by atoms with Crippen LogP contribution in [-0.2, 0) is 9.59 Å². The smallest absolute Gasteiger partial charge is 0.314 e. The Balaban J connectivity index is 2.03. The number of nitrogens with zero attached hydrogens (tertiary/aromatic N) is 1. The number of rotatable bonds is 4. The fourth-order valence-corrected chi connectivity index (χ4v) is 2.23.